The van der Waals surface area contributed by atoms with Gasteiger partial charge in [-0.3, -0.25) is 0 Å². The molecule has 1 aliphatic rings. The minimum absolute atomic E-state index is 0.267. The maximum atomic E-state index is 9.61. The molecule has 1 unspecified atom stereocenters. The fraction of sp³-hybridized carbons (Fsp3) is 1.00. The summed E-state index contributed by atoms with van der Waals surface area (Å²) in [5.41, 5.74) is 0. The Kier molecular flexibility index (Phi) is 8.18. The SMILES string of the molecule is CCCCOC[C@H]1OC(O)[C@H](Cl)[C@@H]1OCCCC. The van der Waals surface area contributed by atoms with E-state index in [1.54, 1.807) is 0 Å². The van der Waals surface area contributed by atoms with E-state index < -0.39 is 11.7 Å². The number of alkyl halides is 1. The second kappa shape index (κ2) is 9.10. The lowest BCUT2D eigenvalue weighted by atomic mass is 10.2. The molecule has 0 aromatic carbocycles. The first-order valence-corrected chi connectivity index (χ1v) is 7.31. The van der Waals surface area contributed by atoms with Gasteiger partial charge in [-0.25, -0.2) is 0 Å². The zero-order valence-corrected chi connectivity index (χ0v) is 12.1. The Morgan fingerprint density at radius 1 is 1.17 bits per heavy atom. The monoisotopic (exact) mass is 280 g/mol. The van der Waals surface area contributed by atoms with Crippen molar-refractivity contribution in [2.24, 2.45) is 0 Å². The van der Waals surface area contributed by atoms with Gasteiger partial charge in [0.05, 0.1) is 6.61 Å². The largest absolute Gasteiger partial charge is 0.379 e. The number of aliphatic hydroxyl groups is 1. The third-order valence-corrected chi connectivity index (χ3v) is 3.46. The van der Waals surface area contributed by atoms with Crippen LogP contribution in [-0.4, -0.2) is 48.8 Å². The van der Waals surface area contributed by atoms with E-state index in [1.165, 1.54) is 0 Å². The first-order valence-electron chi connectivity index (χ1n) is 6.87. The highest BCUT2D eigenvalue weighted by Gasteiger charge is 2.43. The molecule has 1 heterocycles. The Morgan fingerprint density at radius 3 is 2.50 bits per heavy atom. The molecule has 0 aromatic heterocycles. The lowest BCUT2D eigenvalue weighted by Gasteiger charge is -2.20. The van der Waals surface area contributed by atoms with Crippen LogP contribution in [0, 0.1) is 0 Å². The lowest BCUT2D eigenvalue weighted by molar-refractivity contribution is -0.119. The van der Waals surface area contributed by atoms with Gasteiger partial charge in [0.15, 0.2) is 6.29 Å². The van der Waals surface area contributed by atoms with Gasteiger partial charge in [-0.15, -0.1) is 11.6 Å². The summed E-state index contributed by atoms with van der Waals surface area (Å²) in [5, 5.41) is 9.10. The molecule has 0 bridgehead atoms. The van der Waals surface area contributed by atoms with Gasteiger partial charge in [-0.1, -0.05) is 26.7 Å². The lowest BCUT2D eigenvalue weighted by Crippen LogP contribution is -2.34. The topological polar surface area (TPSA) is 47.9 Å². The van der Waals surface area contributed by atoms with Crippen LogP contribution in [0.25, 0.3) is 0 Å². The number of hydrogen-bond donors (Lipinski definition) is 1. The van der Waals surface area contributed by atoms with Crippen molar-refractivity contribution in [3.05, 3.63) is 0 Å². The second-order valence-corrected chi connectivity index (χ2v) is 5.13. The van der Waals surface area contributed by atoms with E-state index in [0.29, 0.717) is 19.8 Å². The van der Waals surface area contributed by atoms with Crippen LogP contribution < -0.4 is 0 Å². The zero-order valence-electron chi connectivity index (χ0n) is 11.3. The molecule has 1 rings (SSSR count). The van der Waals surface area contributed by atoms with E-state index in [0.717, 1.165) is 25.7 Å². The Morgan fingerprint density at radius 2 is 1.83 bits per heavy atom. The van der Waals surface area contributed by atoms with E-state index in [4.69, 9.17) is 25.8 Å². The number of aliphatic hydroxyl groups excluding tert-OH is 1. The van der Waals surface area contributed by atoms with Gasteiger partial charge in [-0.2, -0.15) is 0 Å². The van der Waals surface area contributed by atoms with E-state index in [2.05, 4.69) is 13.8 Å². The van der Waals surface area contributed by atoms with Crippen molar-refractivity contribution < 1.29 is 19.3 Å². The molecule has 1 aliphatic heterocycles. The molecule has 1 fully saturated rings. The fourth-order valence-electron chi connectivity index (χ4n) is 1.84. The standard InChI is InChI=1S/C13H25ClO4/c1-3-5-7-16-9-10-12(17-8-6-4-2)11(14)13(15)18-10/h10-13,15H,3-9H2,1-2H3/t10-,11-,12-,13?/m1/s1. The number of hydrogen-bond acceptors (Lipinski definition) is 4. The zero-order chi connectivity index (χ0) is 13.4. The van der Waals surface area contributed by atoms with Crippen LogP contribution in [0.1, 0.15) is 39.5 Å². The van der Waals surface area contributed by atoms with Gasteiger partial charge in [0, 0.05) is 13.2 Å². The molecule has 0 amide bonds. The van der Waals surface area contributed by atoms with Crippen LogP contribution in [0.2, 0.25) is 0 Å². The molecular weight excluding hydrogens is 256 g/mol. The summed E-state index contributed by atoms with van der Waals surface area (Å²) in [6.07, 6.45) is 2.67. The highest BCUT2D eigenvalue weighted by Crippen LogP contribution is 2.27. The number of unbranched alkanes of at least 4 members (excludes halogenated alkanes) is 2. The van der Waals surface area contributed by atoms with Crippen LogP contribution in [0.15, 0.2) is 0 Å². The number of halogens is 1. The van der Waals surface area contributed by atoms with Crippen LogP contribution >= 0.6 is 11.6 Å². The molecule has 108 valence electrons. The van der Waals surface area contributed by atoms with Crippen LogP contribution in [0.3, 0.4) is 0 Å². The minimum Gasteiger partial charge on any atom is -0.379 e. The predicted octanol–water partition coefficient (Wildman–Crippen LogP) is 2.31. The molecule has 0 aromatic rings. The van der Waals surface area contributed by atoms with Crippen molar-refractivity contribution in [1.82, 2.24) is 0 Å². The summed E-state index contributed by atoms with van der Waals surface area (Å²) in [5.74, 6) is 0. The number of rotatable bonds is 9. The molecule has 18 heavy (non-hydrogen) atoms. The molecule has 5 heteroatoms. The molecule has 4 nitrogen and oxygen atoms in total. The average Bonchev–Trinajstić information content (AvgIpc) is 2.63. The molecule has 4 atom stereocenters. The van der Waals surface area contributed by atoms with Gasteiger partial charge >= 0.3 is 0 Å². The van der Waals surface area contributed by atoms with Gasteiger partial charge in [0.1, 0.15) is 17.6 Å². The first-order chi connectivity index (χ1) is 8.70. The normalized spacial score (nSPS) is 32.0. The Hall–Kier alpha value is 0.130. The van der Waals surface area contributed by atoms with E-state index >= 15 is 0 Å². The Balaban J connectivity index is 2.32. The van der Waals surface area contributed by atoms with Crippen LogP contribution in [-0.2, 0) is 14.2 Å². The predicted molar refractivity (Wildman–Crippen MR) is 70.9 cm³/mol. The quantitative estimate of drug-likeness (QED) is 0.520. The van der Waals surface area contributed by atoms with Crippen molar-refractivity contribution in [3.8, 4) is 0 Å². The van der Waals surface area contributed by atoms with Crippen molar-refractivity contribution in [1.29, 1.82) is 0 Å². The second-order valence-electron chi connectivity index (χ2n) is 4.63. The van der Waals surface area contributed by atoms with Crippen molar-refractivity contribution in [2.45, 2.75) is 63.4 Å². The third kappa shape index (κ3) is 5.02. The summed E-state index contributed by atoms with van der Waals surface area (Å²) in [6, 6.07) is 0. The maximum Gasteiger partial charge on any atom is 0.174 e. The van der Waals surface area contributed by atoms with Gasteiger partial charge in [0.2, 0.25) is 0 Å². The molecule has 0 aliphatic carbocycles. The Bertz CT molecular complexity index is 215. The van der Waals surface area contributed by atoms with E-state index in [1.807, 2.05) is 0 Å². The van der Waals surface area contributed by atoms with Crippen LogP contribution in [0.5, 0.6) is 0 Å². The molecule has 0 saturated carbocycles. The fourth-order valence-corrected chi connectivity index (χ4v) is 2.14. The smallest absolute Gasteiger partial charge is 0.174 e. The molecule has 1 saturated heterocycles. The van der Waals surface area contributed by atoms with Crippen LogP contribution in [0.4, 0.5) is 0 Å². The van der Waals surface area contributed by atoms with Gasteiger partial charge in [0.25, 0.3) is 0 Å². The highest BCUT2D eigenvalue weighted by molar-refractivity contribution is 6.21. The summed E-state index contributed by atoms with van der Waals surface area (Å²) in [4.78, 5) is 0. The molecule has 0 spiro atoms. The average molecular weight is 281 g/mol. The summed E-state index contributed by atoms with van der Waals surface area (Å²) in [7, 11) is 0. The van der Waals surface area contributed by atoms with E-state index in [9.17, 15) is 5.11 Å². The maximum absolute atomic E-state index is 9.61. The summed E-state index contributed by atoms with van der Waals surface area (Å²) in [6.45, 7) is 6.00. The highest BCUT2D eigenvalue weighted by atomic mass is 35.5. The van der Waals surface area contributed by atoms with Crippen molar-refractivity contribution in [3.63, 3.8) is 0 Å². The van der Waals surface area contributed by atoms with Gasteiger partial charge < -0.3 is 19.3 Å². The number of ether oxygens (including phenoxy) is 3. The summed E-state index contributed by atoms with van der Waals surface area (Å²) >= 11 is 6.09. The van der Waals surface area contributed by atoms with E-state index in [-0.39, 0.29) is 12.2 Å². The van der Waals surface area contributed by atoms with Gasteiger partial charge in [-0.05, 0) is 12.8 Å². The van der Waals surface area contributed by atoms with Crippen molar-refractivity contribution >= 4 is 11.6 Å². The molecule has 0 radical (unpaired) electrons. The molecule has 1 N–H and O–H groups in total. The van der Waals surface area contributed by atoms with Crippen molar-refractivity contribution in [2.75, 3.05) is 19.8 Å². The minimum atomic E-state index is -0.960. The third-order valence-electron chi connectivity index (χ3n) is 3.00. The first kappa shape index (κ1) is 16.2. The Labute approximate surface area is 115 Å². The summed E-state index contributed by atoms with van der Waals surface area (Å²) < 4.78 is 16.6. The molecular formula is C13H25ClO4.